The van der Waals surface area contributed by atoms with Gasteiger partial charge in [0, 0.05) is 37.3 Å². The van der Waals surface area contributed by atoms with Crippen LogP contribution >= 0.6 is 0 Å². The molecule has 3 N–H and O–H groups in total. The van der Waals surface area contributed by atoms with E-state index < -0.39 is 18.1 Å². The van der Waals surface area contributed by atoms with Crippen molar-refractivity contribution < 1.29 is 14.7 Å². The van der Waals surface area contributed by atoms with Gasteiger partial charge in [-0.05, 0) is 64.0 Å². The highest BCUT2D eigenvalue weighted by atomic mass is 16.3. The number of amides is 2. The number of hydrogen-bond acceptors (Lipinski definition) is 5. The topological polar surface area (TPSA) is 99.5 Å². The Morgan fingerprint density at radius 1 is 1.05 bits per heavy atom. The van der Waals surface area contributed by atoms with Crippen LogP contribution in [0.4, 0.5) is 0 Å². The Morgan fingerprint density at radius 2 is 1.74 bits per heavy atom. The summed E-state index contributed by atoms with van der Waals surface area (Å²) < 4.78 is 1.63. The highest BCUT2D eigenvalue weighted by molar-refractivity contribution is 5.98. The van der Waals surface area contributed by atoms with E-state index in [-0.39, 0.29) is 29.7 Å². The molecule has 1 aliphatic heterocycles. The van der Waals surface area contributed by atoms with Crippen molar-refractivity contribution in [2.24, 2.45) is 0 Å². The maximum Gasteiger partial charge on any atom is 0.272 e. The third-order valence-corrected chi connectivity index (χ3v) is 8.37. The Hall–Kier alpha value is -3.49. The quantitative estimate of drug-likeness (QED) is 0.270. The summed E-state index contributed by atoms with van der Waals surface area (Å²) in [5.74, 6) is -0.461. The van der Waals surface area contributed by atoms with Crippen molar-refractivity contribution in [1.82, 2.24) is 25.3 Å². The minimum atomic E-state index is -0.866. The molecule has 1 fully saturated rings. The molecule has 1 aromatic heterocycles. The SMILES string of the molecule is CCCC1CCCCN1C(=O)c1cc(C(=O)N[C@@H](Cc2ccccc2)[C@H](O)CNC(C)(C)c2ccccc2)nn1CC. The molecule has 4 rings (SSSR count). The first-order valence-electron chi connectivity index (χ1n) is 15.5. The Morgan fingerprint density at radius 3 is 2.40 bits per heavy atom. The van der Waals surface area contributed by atoms with E-state index in [1.54, 1.807) is 10.7 Å². The number of nitrogens with zero attached hydrogens (tertiary/aromatic N) is 3. The van der Waals surface area contributed by atoms with Gasteiger partial charge in [-0.15, -0.1) is 0 Å². The Labute approximate surface area is 250 Å². The molecule has 1 saturated heterocycles. The second-order valence-corrected chi connectivity index (χ2v) is 11.9. The van der Waals surface area contributed by atoms with E-state index in [1.165, 1.54) is 0 Å². The molecular formula is C34H47N5O3. The van der Waals surface area contributed by atoms with Gasteiger partial charge < -0.3 is 20.6 Å². The zero-order chi connectivity index (χ0) is 30.1. The van der Waals surface area contributed by atoms with E-state index in [1.807, 2.05) is 60.4 Å². The Balaban J connectivity index is 1.51. The summed E-state index contributed by atoms with van der Waals surface area (Å²) in [6.45, 7) is 9.71. The smallest absolute Gasteiger partial charge is 0.272 e. The van der Waals surface area contributed by atoms with Gasteiger partial charge in [0.2, 0.25) is 0 Å². The molecule has 8 nitrogen and oxygen atoms in total. The number of aromatic nitrogens is 2. The first kappa shape index (κ1) is 31.4. The zero-order valence-corrected chi connectivity index (χ0v) is 25.6. The summed E-state index contributed by atoms with van der Waals surface area (Å²) in [6, 6.07) is 21.2. The van der Waals surface area contributed by atoms with Crippen molar-refractivity contribution >= 4 is 11.8 Å². The number of aliphatic hydroxyl groups is 1. The number of carbonyl (C=O) groups excluding carboxylic acids is 2. The van der Waals surface area contributed by atoms with Gasteiger partial charge in [-0.2, -0.15) is 5.10 Å². The van der Waals surface area contributed by atoms with Gasteiger partial charge in [-0.25, -0.2) is 0 Å². The van der Waals surface area contributed by atoms with Gasteiger partial charge >= 0.3 is 0 Å². The molecule has 2 amide bonds. The summed E-state index contributed by atoms with van der Waals surface area (Å²) in [7, 11) is 0. The van der Waals surface area contributed by atoms with Crippen LogP contribution in [0.1, 0.15) is 91.9 Å². The number of hydrogen-bond donors (Lipinski definition) is 3. The van der Waals surface area contributed by atoms with Crippen LogP contribution in [0.25, 0.3) is 0 Å². The van der Waals surface area contributed by atoms with Gasteiger partial charge in [-0.3, -0.25) is 14.3 Å². The number of carbonyl (C=O) groups is 2. The number of rotatable bonds is 13. The fourth-order valence-electron chi connectivity index (χ4n) is 5.84. The molecular weight excluding hydrogens is 526 g/mol. The largest absolute Gasteiger partial charge is 0.390 e. The molecule has 0 spiro atoms. The fourth-order valence-corrected chi connectivity index (χ4v) is 5.84. The van der Waals surface area contributed by atoms with Gasteiger partial charge in [0.25, 0.3) is 11.8 Å². The summed E-state index contributed by atoms with van der Waals surface area (Å²) in [5, 5.41) is 22.4. The third-order valence-electron chi connectivity index (χ3n) is 8.37. The second kappa shape index (κ2) is 14.6. The first-order valence-corrected chi connectivity index (χ1v) is 15.5. The van der Waals surface area contributed by atoms with Crippen LogP contribution < -0.4 is 10.6 Å². The maximum atomic E-state index is 13.7. The molecule has 3 aromatic rings. The van der Waals surface area contributed by atoms with Crippen molar-refractivity contribution in [1.29, 1.82) is 0 Å². The predicted octanol–water partition coefficient (Wildman–Crippen LogP) is 4.92. The van der Waals surface area contributed by atoms with E-state index in [0.29, 0.717) is 18.7 Å². The lowest BCUT2D eigenvalue weighted by atomic mass is 9.93. The van der Waals surface area contributed by atoms with Crippen LogP contribution in [-0.2, 0) is 18.5 Å². The second-order valence-electron chi connectivity index (χ2n) is 11.9. The summed E-state index contributed by atoms with van der Waals surface area (Å²) in [6.07, 6.45) is 4.74. The lowest BCUT2D eigenvalue weighted by Crippen LogP contribution is -2.51. The number of piperidine rings is 1. The van der Waals surface area contributed by atoms with Crippen molar-refractivity contribution in [3.8, 4) is 0 Å². The zero-order valence-electron chi connectivity index (χ0n) is 25.6. The molecule has 8 heteroatoms. The van der Waals surface area contributed by atoms with Crippen molar-refractivity contribution in [3.05, 3.63) is 89.2 Å². The molecule has 1 unspecified atom stereocenters. The molecule has 226 valence electrons. The van der Waals surface area contributed by atoms with Crippen molar-refractivity contribution in [2.45, 2.75) is 96.5 Å². The third kappa shape index (κ3) is 7.86. The van der Waals surface area contributed by atoms with Gasteiger partial charge in [0.15, 0.2) is 5.69 Å². The average molecular weight is 574 g/mol. The van der Waals surface area contributed by atoms with E-state index in [2.05, 4.69) is 48.6 Å². The maximum absolute atomic E-state index is 13.7. The normalized spacial score (nSPS) is 17.1. The number of aryl methyl sites for hydroxylation is 1. The number of benzene rings is 2. The monoisotopic (exact) mass is 573 g/mol. The van der Waals surface area contributed by atoms with Gasteiger partial charge in [0.1, 0.15) is 5.69 Å². The predicted molar refractivity (Wildman–Crippen MR) is 166 cm³/mol. The number of likely N-dealkylation sites (tertiary alicyclic amines) is 1. The molecule has 3 atom stereocenters. The van der Waals surface area contributed by atoms with Crippen LogP contribution in [0.3, 0.4) is 0 Å². The Kier molecular flexibility index (Phi) is 10.9. The van der Waals surface area contributed by atoms with Crippen LogP contribution in [0.5, 0.6) is 0 Å². The van der Waals surface area contributed by atoms with E-state index in [0.717, 1.165) is 49.8 Å². The van der Waals surface area contributed by atoms with Crippen LogP contribution in [0.2, 0.25) is 0 Å². The molecule has 0 saturated carbocycles. The fraction of sp³-hybridized carbons (Fsp3) is 0.500. The highest BCUT2D eigenvalue weighted by Crippen LogP contribution is 2.24. The van der Waals surface area contributed by atoms with Crippen LogP contribution in [0, 0.1) is 0 Å². The van der Waals surface area contributed by atoms with E-state index in [4.69, 9.17) is 0 Å². The molecule has 0 bridgehead atoms. The summed E-state index contributed by atoms with van der Waals surface area (Å²) in [5.41, 5.74) is 2.37. The van der Waals surface area contributed by atoms with E-state index >= 15 is 0 Å². The summed E-state index contributed by atoms with van der Waals surface area (Å²) in [4.78, 5) is 29.2. The van der Waals surface area contributed by atoms with Gasteiger partial charge in [-0.1, -0.05) is 74.0 Å². The van der Waals surface area contributed by atoms with Crippen molar-refractivity contribution in [2.75, 3.05) is 13.1 Å². The molecule has 2 aromatic carbocycles. The molecule has 0 radical (unpaired) electrons. The molecule has 2 heterocycles. The molecule has 42 heavy (non-hydrogen) atoms. The minimum Gasteiger partial charge on any atom is -0.390 e. The minimum absolute atomic E-state index is 0.0604. The highest BCUT2D eigenvalue weighted by Gasteiger charge is 2.31. The van der Waals surface area contributed by atoms with Crippen LogP contribution in [0.15, 0.2) is 66.7 Å². The lowest BCUT2D eigenvalue weighted by Gasteiger charge is -2.35. The first-order chi connectivity index (χ1) is 20.2. The number of nitrogens with one attached hydrogen (secondary N) is 2. The number of aliphatic hydroxyl groups excluding tert-OH is 1. The molecule has 0 aliphatic carbocycles. The lowest BCUT2D eigenvalue weighted by molar-refractivity contribution is 0.0588. The standard InChI is InChI=1S/C34H47N5O3/c1-5-15-27-20-13-14-21-38(27)33(42)30-23-29(37-39(30)6-2)32(41)36-28(22-25-16-9-7-10-17-25)31(40)24-35-34(3,4)26-18-11-8-12-19-26/h7-12,16-19,23,27-28,31,35,40H,5-6,13-15,20-22,24H2,1-4H3,(H,36,41)/t27?,28-,31+/m0/s1. The van der Waals surface area contributed by atoms with Gasteiger partial charge in [0.05, 0.1) is 12.1 Å². The molecule has 1 aliphatic rings. The average Bonchev–Trinajstić information content (AvgIpc) is 3.45. The van der Waals surface area contributed by atoms with E-state index in [9.17, 15) is 14.7 Å². The Bertz CT molecular complexity index is 1290. The summed E-state index contributed by atoms with van der Waals surface area (Å²) >= 11 is 0. The van der Waals surface area contributed by atoms with Crippen molar-refractivity contribution in [3.63, 3.8) is 0 Å². The van der Waals surface area contributed by atoms with Crippen LogP contribution in [-0.4, -0.2) is 62.9 Å².